The maximum atomic E-state index is 13.7. The topological polar surface area (TPSA) is 113 Å². The van der Waals surface area contributed by atoms with E-state index in [4.69, 9.17) is 4.74 Å². The van der Waals surface area contributed by atoms with E-state index in [0.717, 1.165) is 33.8 Å². The van der Waals surface area contributed by atoms with E-state index in [1.165, 1.54) is 19.4 Å². The zero-order valence-corrected chi connectivity index (χ0v) is 23.4. The number of rotatable bonds is 10. The van der Waals surface area contributed by atoms with Crippen LogP contribution in [0, 0.1) is 5.92 Å². The predicted octanol–water partition coefficient (Wildman–Crippen LogP) is 5.32. The molecule has 9 heteroatoms. The summed E-state index contributed by atoms with van der Waals surface area (Å²) in [7, 11) is -2.44. The number of hydrogen-bond donors (Lipinski definition) is 2. The molecule has 210 valence electrons. The quantitative estimate of drug-likeness (QED) is 0.250. The maximum Gasteiger partial charge on any atom is 0.339 e. The molecule has 0 saturated heterocycles. The third-order valence-corrected chi connectivity index (χ3v) is 9.58. The summed E-state index contributed by atoms with van der Waals surface area (Å²) in [5, 5.41) is 11.8. The molecule has 4 aromatic rings. The molecule has 1 aliphatic carbocycles. The van der Waals surface area contributed by atoms with Gasteiger partial charge in [-0.25, -0.2) is 9.78 Å². The lowest BCUT2D eigenvalue weighted by molar-refractivity contribution is -0.148. The van der Waals surface area contributed by atoms with E-state index in [1.807, 2.05) is 66.7 Å². The number of imidazole rings is 1. The first-order valence-corrected chi connectivity index (χ1v) is 15.1. The number of aliphatic hydroxyl groups excluding tert-OH is 1. The highest BCUT2D eigenvalue weighted by atomic mass is 32.2. The number of H-pyrrole nitrogens is 1. The number of carbonyl (C=O) groups is 1. The SMILES string of the molecule is CN(c1cccc(C(C2=C(O)C(Cc3ccccc3)(Cc3ccccc3)OC2=O)C2CC2)c1)S(=O)(=O)c1ncc[nH]1. The predicted molar refractivity (Wildman–Crippen MR) is 155 cm³/mol. The molecule has 1 aromatic heterocycles. The molecule has 0 bridgehead atoms. The van der Waals surface area contributed by atoms with Crippen molar-refractivity contribution in [2.24, 2.45) is 5.92 Å². The van der Waals surface area contributed by atoms with Gasteiger partial charge in [-0.05, 0) is 47.6 Å². The Morgan fingerprint density at radius 1 is 1.00 bits per heavy atom. The lowest BCUT2D eigenvalue weighted by Gasteiger charge is -2.29. The van der Waals surface area contributed by atoms with Crippen LogP contribution < -0.4 is 4.31 Å². The second kappa shape index (κ2) is 10.6. The fourth-order valence-corrected chi connectivity index (χ4v) is 6.79. The smallest absolute Gasteiger partial charge is 0.339 e. The summed E-state index contributed by atoms with van der Waals surface area (Å²) in [6, 6.07) is 26.5. The van der Waals surface area contributed by atoms with Crippen LogP contribution in [0.4, 0.5) is 5.69 Å². The molecule has 1 atom stereocenters. The second-order valence-electron chi connectivity index (χ2n) is 10.7. The van der Waals surface area contributed by atoms with Crippen LogP contribution in [0.1, 0.15) is 35.4 Å². The molecule has 2 heterocycles. The molecule has 8 nitrogen and oxygen atoms in total. The van der Waals surface area contributed by atoms with Gasteiger partial charge in [0.2, 0.25) is 5.16 Å². The van der Waals surface area contributed by atoms with Crippen LogP contribution in [-0.2, 0) is 32.4 Å². The number of nitrogens with one attached hydrogen (secondary N) is 1. The van der Waals surface area contributed by atoms with Crippen LogP contribution in [0.2, 0.25) is 0 Å². The van der Waals surface area contributed by atoms with Crippen molar-refractivity contribution in [1.29, 1.82) is 0 Å². The van der Waals surface area contributed by atoms with Crippen LogP contribution in [0.15, 0.2) is 114 Å². The van der Waals surface area contributed by atoms with Gasteiger partial charge in [0.05, 0.1) is 11.3 Å². The lowest BCUT2D eigenvalue weighted by atomic mass is 9.81. The number of hydrogen-bond acceptors (Lipinski definition) is 6. The summed E-state index contributed by atoms with van der Waals surface area (Å²) < 4.78 is 33.6. The van der Waals surface area contributed by atoms with Gasteiger partial charge >= 0.3 is 5.97 Å². The van der Waals surface area contributed by atoms with Crippen LogP contribution >= 0.6 is 0 Å². The number of aromatic amines is 1. The summed E-state index contributed by atoms with van der Waals surface area (Å²) >= 11 is 0. The molecular formula is C32H31N3O5S. The summed E-state index contributed by atoms with van der Waals surface area (Å²) in [5.41, 5.74) is 2.07. The molecular weight excluding hydrogens is 538 g/mol. The number of benzene rings is 3. The minimum absolute atomic E-state index is 0.0472. The van der Waals surface area contributed by atoms with Crippen molar-refractivity contribution in [2.45, 2.75) is 42.4 Å². The average Bonchev–Trinajstić information content (AvgIpc) is 3.59. The van der Waals surface area contributed by atoms with Gasteiger partial charge in [0.1, 0.15) is 5.76 Å². The molecule has 0 radical (unpaired) electrons. The van der Waals surface area contributed by atoms with Gasteiger partial charge in [-0.15, -0.1) is 0 Å². The van der Waals surface area contributed by atoms with Crippen molar-refractivity contribution in [2.75, 3.05) is 11.4 Å². The first kappa shape index (κ1) is 26.8. The van der Waals surface area contributed by atoms with Crippen molar-refractivity contribution in [3.05, 3.63) is 125 Å². The zero-order chi connectivity index (χ0) is 28.6. The van der Waals surface area contributed by atoms with E-state index in [0.29, 0.717) is 18.5 Å². The van der Waals surface area contributed by atoms with E-state index in [9.17, 15) is 18.3 Å². The number of anilines is 1. The molecule has 6 rings (SSSR count). The largest absolute Gasteiger partial charge is 0.507 e. The fraction of sp³-hybridized carbons (Fsp3) is 0.250. The molecule has 1 fully saturated rings. The number of carbonyl (C=O) groups excluding carboxylic acids is 1. The molecule has 1 aliphatic heterocycles. The van der Waals surface area contributed by atoms with E-state index >= 15 is 0 Å². The first-order chi connectivity index (χ1) is 19.8. The van der Waals surface area contributed by atoms with Gasteiger partial charge in [0.15, 0.2) is 5.60 Å². The number of aliphatic hydroxyl groups is 1. The maximum absolute atomic E-state index is 13.7. The van der Waals surface area contributed by atoms with Crippen LogP contribution in [-0.4, -0.2) is 42.1 Å². The van der Waals surface area contributed by atoms with Crippen LogP contribution in [0.3, 0.4) is 0 Å². The molecule has 3 aromatic carbocycles. The monoisotopic (exact) mass is 569 g/mol. The van der Waals surface area contributed by atoms with E-state index in [2.05, 4.69) is 9.97 Å². The fourth-order valence-electron chi connectivity index (χ4n) is 5.73. The molecule has 2 N–H and O–H groups in total. The summed E-state index contributed by atoms with van der Waals surface area (Å²) in [6.07, 6.45) is 5.28. The molecule has 2 aliphatic rings. The highest BCUT2D eigenvalue weighted by Crippen LogP contribution is 2.52. The minimum atomic E-state index is -3.91. The summed E-state index contributed by atoms with van der Waals surface area (Å²) in [4.78, 5) is 20.3. The highest BCUT2D eigenvalue weighted by Gasteiger charge is 2.52. The number of cyclic esters (lactones) is 1. The lowest BCUT2D eigenvalue weighted by Crippen LogP contribution is -2.37. The van der Waals surface area contributed by atoms with Crippen molar-refractivity contribution < 1.29 is 23.1 Å². The molecule has 1 unspecified atom stereocenters. The molecule has 1 saturated carbocycles. The Hall–Kier alpha value is -4.37. The standard InChI is InChI=1S/C32H31N3O5S/c1-35(41(38,39)31-33-17-18-34-31)26-14-8-13-25(19-26)27(24-15-16-24)28-29(36)32(40-30(28)37,20-22-9-4-2-5-10-22)21-23-11-6-3-7-12-23/h2-14,17-19,24,27,36H,15-16,20-21H2,1H3,(H,33,34). The minimum Gasteiger partial charge on any atom is -0.507 e. The number of esters is 1. The van der Waals surface area contributed by atoms with Crippen LogP contribution in [0.25, 0.3) is 0 Å². The third-order valence-electron chi connectivity index (χ3n) is 7.94. The Morgan fingerprint density at radius 2 is 1.63 bits per heavy atom. The van der Waals surface area contributed by atoms with Crippen LogP contribution in [0.5, 0.6) is 0 Å². The number of sulfonamides is 1. The summed E-state index contributed by atoms with van der Waals surface area (Å²) in [5.74, 6) is -0.885. The number of nitrogens with zero attached hydrogens (tertiary/aromatic N) is 2. The Labute approximate surface area is 239 Å². The third kappa shape index (κ3) is 5.13. The van der Waals surface area contributed by atoms with E-state index in [-0.39, 0.29) is 22.4 Å². The molecule has 0 amide bonds. The number of aromatic nitrogens is 2. The van der Waals surface area contributed by atoms with Gasteiger partial charge in [-0.1, -0.05) is 72.8 Å². The Balaban J connectivity index is 1.41. The van der Waals surface area contributed by atoms with Crippen molar-refractivity contribution in [1.82, 2.24) is 9.97 Å². The first-order valence-electron chi connectivity index (χ1n) is 13.6. The summed E-state index contributed by atoms with van der Waals surface area (Å²) in [6.45, 7) is 0. The van der Waals surface area contributed by atoms with Crippen molar-refractivity contribution in [3.8, 4) is 0 Å². The van der Waals surface area contributed by atoms with E-state index < -0.39 is 27.5 Å². The molecule has 41 heavy (non-hydrogen) atoms. The van der Waals surface area contributed by atoms with Gasteiger partial charge in [-0.3, -0.25) is 4.31 Å². The van der Waals surface area contributed by atoms with Gasteiger partial charge in [0, 0.05) is 38.2 Å². The van der Waals surface area contributed by atoms with Gasteiger partial charge in [0.25, 0.3) is 10.0 Å². The Morgan fingerprint density at radius 3 is 2.20 bits per heavy atom. The van der Waals surface area contributed by atoms with E-state index in [1.54, 1.807) is 18.2 Å². The van der Waals surface area contributed by atoms with Gasteiger partial charge in [-0.2, -0.15) is 8.42 Å². The average molecular weight is 570 g/mol. The van der Waals surface area contributed by atoms with Gasteiger partial charge < -0.3 is 14.8 Å². The van der Waals surface area contributed by atoms with Crippen molar-refractivity contribution >= 4 is 21.7 Å². The normalized spacial score (nSPS) is 17.3. The van der Waals surface area contributed by atoms with Crippen molar-refractivity contribution in [3.63, 3.8) is 0 Å². The number of ether oxygens (including phenoxy) is 1. The Kier molecular flexibility index (Phi) is 6.91. The zero-order valence-electron chi connectivity index (χ0n) is 22.6. The molecule has 0 spiro atoms. The Bertz CT molecular complexity index is 1640. The highest BCUT2D eigenvalue weighted by molar-refractivity contribution is 7.92. The second-order valence-corrected chi connectivity index (χ2v) is 12.6.